The van der Waals surface area contributed by atoms with Gasteiger partial charge in [-0.05, 0) is 44.7 Å². The van der Waals surface area contributed by atoms with Crippen LogP contribution < -0.4 is 25.4 Å². The summed E-state index contributed by atoms with van der Waals surface area (Å²) in [6.45, 7) is 3.74. The lowest BCUT2D eigenvalue weighted by Gasteiger charge is -2.42. The Morgan fingerprint density at radius 1 is 1.12 bits per heavy atom. The van der Waals surface area contributed by atoms with Gasteiger partial charge in [0.15, 0.2) is 5.82 Å². The van der Waals surface area contributed by atoms with Crippen LogP contribution in [0.2, 0.25) is 0 Å². The van der Waals surface area contributed by atoms with E-state index in [0.717, 1.165) is 26.2 Å². The molecule has 3 aromatic rings. The summed E-state index contributed by atoms with van der Waals surface area (Å²) in [5.74, 6) is -5.62. The Kier molecular flexibility index (Phi) is 6.87. The number of rotatable bonds is 6. The Morgan fingerprint density at radius 2 is 1.90 bits per heavy atom. The van der Waals surface area contributed by atoms with Crippen LogP contribution in [0, 0.1) is 24.0 Å². The highest BCUT2D eigenvalue weighted by Crippen LogP contribution is 2.61. The molecule has 1 aromatic carbocycles. The zero-order valence-corrected chi connectivity index (χ0v) is 27.1. The van der Waals surface area contributed by atoms with Crippen LogP contribution in [0.3, 0.4) is 0 Å². The number of halogens is 7. The van der Waals surface area contributed by atoms with Gasteiger partial charge in [-0.1, -0.05) is 0 Å². The Bertz CT molecular complexity index is 1930. The minimum atomic E-state index is -5.11. The molecule has 7 atom stereocenters. The van der Waals surface area contributed by atoms with Crippen LogP contribution >= 0.6 is 0 Å². The van der Waals surface area contributed by atoms with E-state index in [4.69, 9.17) is 19.9 Å². The first kappa shape index (κ1) is 32.2. The largest absolute Gasteiger partial charge is 0.472 e. The molecule has 4 saturated heterocycles. The molecule has 1 aliphatic carbocycles. The predicted molar refractivity (Wildman–Crippen MR) is 165 cm³/mol. The summed E-state index contributed by atoms with van der Waals surface area (Å²) in [5.41, 5.74) is -0.765. The molecule has 50 heavy (non-hydrogen) atoms. The van der Waals surface area contributed by atoms with Crippen LogP contribution in [0.5, 0.6) is 11.9 Å². The van der Waals surface area contributed by atoms with Gasteiger partial charge in [0.1, 0.15) is 40.9 Å². The van der Waals surface area contributed by atoms with Crippen molar-refractivity contribution in [3.05, 3.63) is 28.8 Å². The predicted octanol–water partition coefficient (Wildman–Crippen LogP) is 4.85. The van der Waals surface area contributed by atoms with Gasteiger partial charge in [-0.25, -0.2) is 22.5 Å². The molecule has 1 saturated carbocycles. The Hall–Kier alpha value is -3.70. The van der Waals surface area contributed by atoms with E-state index in [1.165, 1.54) is 0 Å². The Balaban J connectivity index is 1.19. The topological polar surface area (TPSA) is 111 Å². The molecule has 7 heterocycles. The number of piperazine rings is 1. The number of nitrogens with one attached hydrogen (secondary N) is 1. The van der Waals surface area contributed by atoms with Crippen molar-refractivity contribution >= 4 is 22.4 Å². The van der Waals surface area contributed by atoms with E-state index in [9.17, 15) is 17.6 Å². The molecule has 5 fully saturated rings. The van der Waals surface area contributed by atoms with E-state index in [1.54, 1.807) is 6.92 Å². The summed E-state index contributed by atoms with van der Waals surface area (Å²) in [6.07, 6.45) is -3.66. The van der Waals surface area contributed by atoms with Crippen LogP contribution in [-0.2, 0) is 10.9 Å². The highest BCUT2D eigenvalue weighted by atomic mass is 19.4. The average Bonchev–Trinajstić information content (AvgIpc) is 3.49. The number of benzene rings is 1. The highest BCUT2D eigenvalue weighted by Gasteiger charge is 2.72. The van der Waals surface area contributed by atoms with Crippen LogP contribution in [0.4, 0.5) is 42.2 Å². The van der Waals surface area contributed by atoms with E-state index in [2.05, 4.69) is 20.3 Å². The van der Waals surface area contributed by atoms with Crippen LogP contribution in [0.15, 0.2) is 6.07 Å². The summed E-state index contributed by atoms with van der Waals surface area (Å²) in [6, 6.07) is 0.000326. The van der Waals surface area contributed by atoms with Crippen molar-refractivity contribution in [1.29, 1.82) is 0 Å². The zero-order valence-electron chi connectivity index (χ0n) is 27.1. The maximum Gasteiger partial charge on any atom is 0.417 e. The first-order valence-corrected chi connectivity index (χ1v) is 16.8. The number of anilines is 2. The van der Waals surface area contributed by atoms with Gasteiger partial charge in [0.05, 0.1) is 35.4 Å². The average molecular weight is 710 g/mol. The van der Waals surface area contributed by atoms with Crippen molar-refractivity contribution in [2.45, 2.75) is 88.0 Å². The summed E-state index contributed by atoms with van der Waals surface area (Å²) in [4.78, 5) is 17.2. The van der Waals surface area contributed by atoms with Gasteiger partial charge in [0, 0.05) is 49.7 Å². The summed E-state index contributed by atoms with van der Waals surface area (Å²) < 4.78 is 123. The summed E-state index contributed by atoms with van der Waals surface area (Å²) in [5, 5.41) is 3.57. The molecule has 9 rings (SSSR count). The first-order valence-electron chi connectivity index (χ1n) is 16.8. The normalized spacial score (nSPS) is 32.3. The molecule has 17 heteroatoms. The number of hydrogen-bond acceptors (Lipinski definition) is 10. The number of morpholine rings is 1. The molecule has 5 aliphatic heterocycles. The molecular formula is C33H34F7N7O3. The van der Waals surface area contributed by atoms with E-state index in [0.29, 0.717) is 25.8 Å². The van der Waals surface area contributed by atoms with E-state index >= 15 is 13.2 Å². The summed E-state index contributed by atoms with van der Waals surface area (Å²) in [7, 11) is 0. The molecule has 0 amide bonds. The molecule has 3 N–H and O–H groups in total. The second-order valence-electron chi connectivity index (χ2n) is 14.7. The number of nitrogen functional groups attached to an aromatic ring is 1. The maximum absolute atomic E-state index is 16.8. The summed E-state index contributed by atoms with van der Waals surface area (Å²) >= 11 is 0. The second kappa shape index (κ2) is 10.7. The number of fused-ring (bicyclic) bond motifs is 7. The van der Waals surface area contributed by atoms with Gasteiger partial charge in [-0.3, -0.25) is 4.90 Å². The minimum absolute atomic E-state index is 0.00849. The van der Waals surface area contributed by atoms with Crippen LogP contribution in [0.1, 0.15) is 43.7 Å². The van der Waals surface area contributed by atoms with E-state index < -0.39 is 87.9 Å². The molecule has 4 bridgehead atoms. The van der Waals surface area contributed by atoms with Crippen molar-refractivity contribution in [3.63, 3.8) is 0 Å². The van der Waals surface area contributed by atoms with Gasteiger partial charge in [-0.2, -0.15) is 23.1 Å². The molecule has 268 valence electrons. The molecule has 0 radical (unpaired) electrons. The lowest BCUT2D eigenvalue weighted by molar-refractivity contribution is -0.137. The van der Waals surface area contributed by atoms with Gasteiger partial charge in [-0.15, -0.1) is 0 Å². The number of likely N-dealkylation sites (tertiary alicyclic amines) is 1. The SMILES string of the molecule is Cc1c(F)c(N)cc(-c2nc3c4c(nc(OC[C@@]5(CN6C[C@H]7C[C@@H]6CO7)CC5(F)F)nc4c2F)N2C[C@H]4CC[C@H](N4)[C@H]2[C@H](C)O3)c1C(F)(F)F. The number of hydrogen-bond donors (Lipinski definition) is 2. The number of nitrogens with two attached hydrogens (primary N) is 1. The number of nitrogens with zero attached hydrogens (tertiary/aromatic N) is 5. The quantitative estimate of drug-likeness (QED) is 0.273. The van der Waals surface area contributed by atoms with Crippen LogP contribution in [-0.4, -0.2) is 95.0 Å². The fraction of sp³-hybridized carbons (Fsp3) is 0.606. The Labute approximate surface area is 281 Å². The fourth-order valence-electron chi connectivity index (χ4n) is 8.92. The van der Waals surface area contributed by atoms with Crippen molar-refractivity contribution in [2.24, 2.45) is 5.41 Å². The molecule has 0 unspecified atom stereocenters. The van der Waals surface area contributed by atoms with Crippen molar-refractivity contribution in [2.75, 3.05) is 43.5 Å². The first-order chi connectivity index (χ1) is 23.6. The van der Waals surface area contributed by atoms with E-state index in [-0.39, 0.29) is 53.9 Å². The number of aromatic nitrogens is 3. The monoisotopic (exact) mass is 709 g/mol. The molecule has 2 aromatic heterocycles. The number of pyridine rings is 1. The third-order valence-corrected chi connectivity index (χ3v) is 11.5. The lowest BCUT2D eigenvalue weighted by atomic mass is 9.96. The Morgan fingerprint density at radius 3 is 2.58 bits per heavy atom. The fourth-order valence-corrected chi connectivity index (χ4v) is 8.92. The van der Waals surface area contributed by atoms with Gasteiger partial charge in [0.2, 0.25) is 5.88 Å². The van der Waals surface area contributed by atoms with Gasteiger partial charge < -0.3 is 30.2 Å². The second-order valence-corrected chi connectivity index (χ2v) is 14.7. The highest BCUT2D eigenvalue weighted by molar-refractivity contribution is 5.97. The van der Waals surface area contributed by atoms with Crippen molar-refractivity contribution in [1.82, 2.24) is 25.2 Å². The molecule has 6 aliphatic rings. The zero-order chi connectivity index (χ0) is 35.1. The molecule has 0 spiro atoms. The standard InChI is InChI=1S/C33H34F7N7O3/c1-13-22(33(38,39)40)18(6-19(41)23(13)34)25-24(35)26-21-28(47-7-15-3-4-20(42-15)27(47)14(2)50-29(21)43-25)45-30(44-26)49-12-31(10-32(31,36)37)11-46-8-17-5-16(46)9-48-17/h6,14-17,20,27,42H,3-5,7-12,41H2,1-2H3/t14-,15+,16+,17+,20-,27+,31-/m0/s1. The number of alkyl halides is 5. The third-order valence-electron chi connectivity index (χ3n) is 11.5. The minimum Gasteiger partial charge on any atom is -0.472 e. The van der Waals surface area contributed by atoms with Crippen LogP contribution in [0.25, 0.3) is 22.2 Å². The van der Waals surface area contributed by atoms with Gasteiger partial charge in [0.25, 0.3) is 5.92 Å². The molecule has 10 nitrogen and oxygen atoms in total. The van der Waals surface area contributed by atoms with Gasteiger partial charge >= 0.3 is 12.2 Å². The molecular weight excluding hydrogens is 675 g/mol. The third kappa shape index (κ3) is 4.75. The lowest BCUT2D eigenvalue weighted by Crippen LogP contribution is -2.62. The number of ether oxygens (including phenoxy) is 3. The smallest absolute Gasteiger partial charge is 0.417 e. The van der Waals surface area contributed by atoms with E-state index in [1.807, 2.05) is 9.80 Å². The van der Waals surface area contributed by atoms with Crippen molar-refractivity contribution in [3.8, 4) is 23.1 Å². The van der Waals surface area contributed by atoms with Crippen molar-refractivity contribution < 1.29 is 44.9 Å². The maximum atomic E-state index is 16.8.